The fourth-order valence-corrected chi connectivity index (χ4v) is 2.22. The molecule has 0 heterocycles. The fraction of sp³-hybridized carbons (Fsp3) is 0.867. The molecule has 0 radical (unpaired) electrons. The Morgan fingerprint density at radius 1 is 0.800 bits per heavy atom. The zero-order chi connectivity index (χ0) is 15.1. The summed E-state index contributed by atoms with van der Waals surface area (Å²) in [6, 6.07) is 0. The van der Waals surface area contributed by atoms with Crippen LogP contribution in [0.1, 0.15) is 64.7 Å². The van der Waals surface area contributed by atoms with Gasteiger partial charge in [0, 0.05) is 5.33 Å². The third-order valence-electron chi connectivity index (χ3n) is 2.89. The lowest BCUT2D eigenvalue weighted by molar-refractivity contribution is -0.154. The Hall–Kier alpha value is -0.580. The molecule has 0 aromatic rings. The van der Waals surface area contributed by atoms with E-state index in [1.54, 1.807) is 6.92 Å². The van der Waals surface area contributed by atoms with Crippen molar-refractivity contribution in [2.24, 2.45) is 0 Å². The number of hydrogen-bond acceptors (Lipinski definition) is 4. The molecule has 0 unspecified atom stereocenters. The molecule has 0 amide bonds. The van der Waals surface area contributed by atoms with E-state index in [2.05, 4.69) is 20.7 Å². The summed E-state index contributed by atoms with van der Waals surface area (Å²) in [7, 11) is 0. The van der Waals surface area contributed by atoms with Gasteiger partial charge < -0.3 is 9.47 Å². The molecular weight excluding hydrogens is 324 g/mol. The summed E-state index contributed by atoms with van der Waals surface area (Å²) in [6.45, 7) is 2.41. The maximum atomic E-state index is 11.2. The molecule has 0 aliphatic carbocycles. The highest BCUT2D eigenvalue weighted by Gasteiger charge is 2.10. The first-order valence-corrected chi connectivity index (χ1v) is 8.70. The number of carbonyl (C=O) groups is 2. The highest BCUT2D eigenvalue weighted by atomic mass is 79.9. The van der Waals surface area contributed by atoms with E-state index in [-0.39, 0.29) is 6.42 Å². The number of carbonyl (C=O) groups excluding carboxylic acids is 2. The molecule has 5 heteroatoms. The van der Waals surface area contributed by atoms with Gasteiger partial charge in [-0.05, 0) is 19.8 Å². The Morgan fingerprint density at radius 3 is 1.85 bits per heavy atom. The van der Waals surface area contributed by atoms with E-state index in [9.17, 15) is 9.59 Å². The van der Waals surface area contributed by atoms with E-state index in [1.807, 2.05) is 0 Å². The van der Waals surface area contributed by atoms with E-state index < -0.39 is 11.9 Å². The first-order valence-electron chi connectivity index (χ1n) is 7.58. The molecule has 0 aliphatic rings. The van der Waals surface area contributed by atoms with E-state index in [0.717, 1.165) is 18.2 Å². The minimum absolute atomic E-state index is 0.276. The number of unbranched alkanes of at least 4 members (excludes halogenated alkanes) is 7. The zero-order valence-corrected chi connectivity index (χ0v) is 14.1. The lowest BCUT2D eigenvalue weighted by atomic mass is 10.1. The molecule has 0 spiro atoms. The van der Waals surface area contributed by atoms with Crippen LogP contribution in [0.3, 0.4) is 0 Å². The molecule has 0 aliphatic heterocycles. The Bertz CT molecular complexity index is 256. The molecule has 0 atom stereocenters. The lowest BCUT2D eigenvalue weighted by Gasteiger charge is -2.05. The van der Waals surface area contributed by atoms with Crippen LogP contribution >= 0.6 is 15.9 Å². The molecule has 0 rings (SSSR count). The molecule has 0 bridgehead atoms. The van der Waals surface area contributed by atoms with Crippen molar-refractivity contribution in [2.45, 2.75) is 64.7 Å². The van der Waals surface area contributed by atoms with Gasteiger partial charge in [0.05, 0.1) is 13.2 Å². The van der Waals surface area contributed by atoms with E-state index >= 15 is 0 Å². The lowest BCUT2D eigenvalue weighted by Crippen LogP contribution is -2.14. The van der Waals surface area contributed by atoms with Gasteiger partial charge in [0.25, 0.3) is 0 Å². The van der Waals surface area contributed by atoms with Crippen LogP contribution in [0, 0.1) is 0 Å². The van der Waals surface area contributed by atoms with Crippen molar-refractivity contribution >= 4 is 27.9 Å². The standard InChI is InChI=1S/C15H27BrO4/c1-2-19-14(17)13-15(18)20-12-10-8-6-4-3-5-7-9-11-16/h2-13H2,1H3. The number of ether oxygens (including phenoxy) is 2. The number of alkyl halides is 1. The molecule has 0 fully saturated rings. The summed E-state index contributed by atoms with van der Waals surface area (Å²) < 4.78 is 9.64. The normalized spacial score (nSPS) is 10.3. The molecule has 0 saturated carbocycles. The minimum atomic E-state index is -0.513. The second-order valence-corrected chi connectivity index (χ2v) is 5.51. The molecule has 0 aromatic heterocycles. The summed E-state index contributed by atoms with van der Waals surface area (Å²) in [5.41, 5.74) is 0. The number of esters is 2. The van der Waals surface area contributed by atoms with Crippen LogP contribution < -0.4 is 0 Å². The van der Waals surface area contributed by atoms with Gasteiger partial charge in [-0.1, -0.05) is 54.5 Å². The maximum Gasteiger partial charge on any atom is 0.317 e. The van der Waals surface area contributed by atoms with Gasteiger partial charge in [0.2, 0.25) is 0 Å². The van der Waals surface area contributed by atoms with E-state index in [0.29, 0.717) is 13.2 Å². The second-order valence-electron chi connectivity index (χ2n) is 4.72. The number of halogens is 1. The molecule has 0 N–H and O–H groups in total. The smallest absolute Gasteiger partial charge is 0.317 e. The van der Waals surface area contributed by atoms with Crippen molar-refractivity contribution in [1.82, 2.24) is 0 Å². The van der Waals surface area contributed by atoms with Crippen LogP contribution in [0.25, 0.3) is 0 Å². The van der Waals surface area contributed by atoms with Gasteiger partial charge in [-0.3, -0.25) is 9.59 Å². The summed E-state index contributed by atoms with van der Waals surface area (Å²) >= 11 is 3.43. The van der Waals surface area contributed by atoms with Gasteiger partial charge >= 0.3 is 11.9 Å². The van der Waals surface area contributed by atoms with Crippen LogP contribution in [0.4, 0.5) is 0 Å². The minimum Gasteiger partial charge on any atom is -0.466 e. The Kier molecular flexibility index (Phi) is 14.4. The molecule has 118 valence electrons. The van der Waals surface area contributed by atoms with Gasteiger partial charge in [0.15, 0.2) is 0 Å². The van der Waals surface area contributed by atoms with Crippen LogP contribution in [0.5, 0.6) is 0 Å². The van der Waals surface area contributed by atoms with Crippen LogP contribution in [-0.4, -0.2) is 30.5 Å². The largest absolute Gasteiger partial charge is 0.466 e. The van der Waals surface area contributed by atoms with Crippen LogP contribution in [0.2, 0.25) is 0 Å². The second kappa shape index (κ2) is 14.8. The van der Waals surface area contributed by atoms with Crippen molar-refractivity contribution in [1.29, 1.82) is 0 Å². The highest BCUT2D eigenvalue weighted by Crippen LogP contribution is 2.09. The summed E-state index contributed by atoms with van der Waals surface area (Å²) in [6.07, 6.45) is 9.26. The highest BCUT2D eigenvalue weighted by molar-refractivity contribution is 9.09. The van der Waals surface area contributed by atoms with E-state index in [1.165, 1.54) is 38.5 Å². The summed E-state index contributed by atoms with van der Waals surface area (Å²) in [4.78, 5) is 22.2. The Morgan fingerprint density at radius 2 is 1.30 bits per heavy atom. The summed E-state index contributed by atoms with van der Waals surface area (Å²) in [5, 5.41) is 1.10. The fourth-order valence-electron chi connectivity index (χ4n) is 1.82. The first kappa shape index (κ1) is 19.4. The van der Waals surface area contributed by atoms with Crippen molar-refractivity contribution < 1.29 is 19.1 Å². The van der Waals surface area contributed by atoms with Crippen LogP contribution in [-0.2, 0) is 19.1 Å². The van der Waals surface area contributed by atoms with Gasteiger partial charge in [-0.2, -0.15) is 0 Å². The first-order chi connectivity index (χ1) is 9.70. The van der Waals surface area contributed by atoms with Crippen molar-refractivity contribution in [3.8, 4) is 0 Å². The Balaban J connectivity index is 3.23. The van der Waals surface area contributed by atoms with Crippen molar-refractivity contribution in [3.63, 3.8) is 0 Å². The molecule has 0 aromatic carbocycles. The predicted molar refractivity (Wildman–Crippen MR) is 82.9 cm³/mol. The van der Waals surface area contributed by atoms with Crippen LogP contribution in [0.15, 0.2) is 0 Å². The molecular formula is C15H27BrO4. The van der Waals surface area contributed by atoms with Crippen molar-refractivity contribution in [2.75, 3.05) is 18.5 Å². The third-order valence-corrected chi connectivity index (χ3v) is 3.45. The van der Waals surface area contributed by atoms with E-state index in [4.69, 9.17) is 4.74 Å². The average Bonchev–Trinajstić information content (AvgIpc) is 2.41. The maximum absolute atomic E-state index is 11.2. The van der Waals surface area contributed by atoms with Gasteiger partial charge in [-0.15, -0.1) is 0 Å². The zero-order valence-electron chi connectivity index (χ0n) is 12.5. The molecule has 4 nitrogen and oxygen atoms in total. The monoisotopic (exact) mass is 350 g/mol. The third kappa shape index (κ3) is 13.8. The SMILES string of the molecule is CCOC(=O)CC(=O)OCCCCCCCCCCBr. The topological polar surface area (TPSA) is 52.6 Å². The quantitative estimate of drug-likeness (QED) is 0.218. The van der Waals surface area contributed by atoms with Gasteiger partial charge in [0.1, 0.15) is 6.42 Å². The average molecular weight is 351 g/mol. The summed E-state index contributed by atoms with van der Waals surface area (Å²) in [5.74, 6) is -1.00. The number of rotatable bonds is 13. The number of hydrogen-bond donors (Lipinski definition) is 0. The molecule has 0 saturated heterocycles. The van der Waals surface area contributed by atoms with Crippen molar-refractivity contribution in [3.05, 3.63) is 0 Å². The predicted octanol–water partition coefficient (Wildman–Crippen LogP) is 4.00. The van der Waals surface area contributed by atoms with Gasteiger partial charge in [-0.25, -0.2) is 0 Å². The molecule has 20 heavy (non-hydrogen) atoms. The Labute approximate surface area is 130 Å².